The molecule has 0 spiro atoms. The zero-order valence-electron chi connectivity index (χ0n) is 24.4. The number of benzene rings is 4. The number of aliphatic hydroxyl groups excluding tert-OH is 1. The van der Waals surface area contributed by atoms with Crippen LogP contribution < -0.4 is 4.90 Å². The first kappa shape index (κ1) is 31.0. The lowest BCUT2D eigenvalue weighted by Crippen LogP contribution is -2.42. The Hall–Kier alpha value is -5.02. The van der Waals surface area contributed by atoms with E-state index in [1.165, 1.54) is 0 Å². The number of anilines is 1. The Morgan fingerprint density at radius 2 is 1.57 bits per heavy atom. The number of rotatable bonds is 7. The summed E-state index contributed by atoms with van der Waals surface area (Å²) in [6.45, 7) is 2.03. The Balaban J connectivity index is 1.59. The van der Waals surface area contributed by atoms with Crippen molar-refractivity contribution in [3.63, 3.8) is 0 Å². The number of hydrogen-bond acceptors (Lipinski definition) is 4. The lowest BCUT2D eigenvalue weighted by atomic mass is 10.0. The molecular weight excluding hydrogens is 641 g/mol. The normalized spacial score (nSPS) is 14.0. The number of halogens is 2. The maximum absolute atomic E-state index is 14.0. The van der Waals surface area contributed by atoms with Crippen molar-refractivity contribution in [2.75, 3.05) is 11.5 Å². The maximum atomic E-state index is 14.0. The van der Waals surface area contributed by atoms with Crippen LogP contribution in [0.15, 0.2) is 120 Å². The minimum absolute atomic E-state index is 0.0868. The van der Waals surface area contributed by atoms with Crippen LogP contribution in [0.1, 0.15) is 22.8 Å². The molecule has 228 valence electrons. The summed E-state index contributed by atoms with van der Waals surface area (Å²) in [4.78, 5) is 31.7. The van der Waals surface area contributed by atoms with Gasteiger partial charge in [-0.1, -0.05) is 89.9 Å². The molecule has 0 saturated carbocycles. The van der Waals surface area contributed by atoms with Crippen LogP contribution in [0.3, 0.4) is 0 Å². The number of amides is 1. The molecule has 0 bridgehead atoms. The van der Waals surface area contributed by atoms with E-state index >= 15 is 0 Å². The first-order valence-corrected chi connectivity index (χ1v) is 15.4. The highest BCUT2D eigenvalue weighted by Crippen LogP contribution is 2.39. The molecule has 1 amide bonds. The lowest BCUT2D eigenvalue weighted by molar-refractivity contribution is -0.113. The molecule has 0 unspecified atom stereocenters. The zero-order valence-corrected chi connectivity index (χ0v) is 26.7. The Bertz CT molecular complexity index is 2040. The summed E-state index contributed by atoms with van der Waals surface area (Å²) in [5.74, 6) is -1.55. The molecule has 10 heteroatoms. The highest BCUT2D eigenvalue weighted by molar-refractivity contribution is 7.80. The van der Waals surface area contributed by atoms with Gasteiger partial charge in [-0.05, 0) is 78.8 Å². The van der Waals surface area contributed by atoms with Crippen molar-refractivity contribution in [2.24, 2.45) is 4.99 Å². The van der Waals surface area contributed by atoms with E-state index in [2.05, 4.69) is 4.99 Å². The van der Waals surface area contributed by atoms with Crippen molar-refractivity contribution in [1.29, 1.82) is 0 Å². The predicted molar refractivity (Wildman–Crippen MR) is 187 cm³/mol. The number of nitrogens with zero attached hydrogens (tertiary/aromatic N) is 3. The molecule has 6 rings (SSSR count). The highest BCUT2D eigenvalue weighted by Gasteiger charge is 2.34. The van der Waals surface area contributed by atoms with Crippen molar-refractivity contribution in [3.8, 4) is 28.2 Å². The molecule has 0 fully saturated rings. The maximum Gasteiger partial charge on any atom is 0.338 e. The summed E-state index contributed by atoms with van der Waals surface area (Å²) in [5.41, 5.74) is 5.25. The summed E-state index contributed by atoms with van der Waals surface area (Å²) >= 11 is 18.1. The van der Waals surface area contributed by atoms with Crippen LogP contribution in [0, 0.1) is 0 Å². The Morgan fingerprint density at radius 1 is 0.913 bits per heavy atom. The van der Waals surface area contributed by atoms with Crippen LogP contribution in [0.25, 0.3) is 34.3 Å². The van der Waals surface area contributed by atoms with Gasteiger partial charge in [-0.25, -0.2) is 9.69 Å². The van der Waals surface area contributed by atoms with E-state index in [0.717, 1.165) is 33.1 Å². The van der Waals surface area contributed by atoms with Gasteiger partial charge in [0.25, 0.3) is 5.91 Å². The van der Waals surface area contributed by atoms with Gasteiger partial charge < -0.3 is 14.4 Å². The van der Waals surface area contributed by atoms with E-state index in [0.29, 0.717) is 11.1 Å². The number of ether oxygens (including phenoxy) is 1. The number of aromatic nitrogens is 1. The third-order valence-electron chi connectivity index (χ3n) is 7.32. The van der Waals surface area contributed by atoms with Gasteiger partial charge in [0, 0.05) is 11.3 Å². The SMILES string of the molecule is CCOC(=O)c1ccc(-n2c(-c3ccccc3)cc(/C=C3\C(=O)N(c4cccc(Cl)c4Cl)C(=S)N=C3O)c2-c2ccccc2)cc1. The van der Waals surface area contributed by atoms with Gasteiger partial charge in [-0.15, -0.1) is 0 Å². The van der Waals surface area contributed by atoms with Crippen LogP contribution in [0.5, 0.6) is 0 Å². The molecule has 1 aliphatic rings. The summed E-state index contributed by atoms with van der Waals surface area (Å²) in [7, 11) is 0. The fourth-order valence-corrected chi connectivity index (χ4v) is 5.89. The number of hydrogen-bond donors (Lipinski definition) is 1. The average Bonchev–Trinajstić information content (AvgIpc) is 3.45. The second-order valence-corrected chi connectivity index (χ2v) is 11.3. The van der Waals surface area contributed by atoms with Gasteiger partial charge in [0.1, 0.15) is 5.57 Å². The molecule has 1 aromatic heterocycles. The van der Waals surface area contributed by atoms with Gasteiger partial charge in [0.05, 0.1) is 39.3 Å². The quantitative estimate of drug-likeness (QED) is 0.107. The van der Waals surface area contributed by atoms with E-state index in [9.17, 15) is 14.7 Å². The average molecular weight is 667 g/mol. The first-order chi connectivity index (χ1) is 22.3. The molecule has 0 radical (unpaired) electrons. The van der Waals surface area contributed by atoms with Crippen molar-refractivity contribution in [2.45, 2.75) is 6.92 Å². The minimum atomic E-state index is -0.617. The highest BCUT2D eigenvalue weighted by atomic mass is 35.5. The molecule has 2 heterocycles. The molecule has 1 N–H and O–H groups in total. The molecule has 4 aromatic carbocycles. The van der Waals surface area contributed by atoms with E-state index in [1.807, 2.05) is 83.4 Å². The number of aliphatic imine (C=N–C) groups is 1. The molecule has 7 nitrogen and oxygen atoms in total. The molecular formula is C36H25Cl2N3O4S. The van der Waals surface area contributed by atoms with Gasteiger partial charge in [0.2, 0.25) is 11.0 Å². The number of carbonyl (C=O) groups excluding carboxylic acids is 2. The van der Waals surface area contributed by atoms with Crippen molar-refractivity contribution < 1.29 is 19.4 Å². The smallest absolute Gasteiger partial charge is 0.338 e. The second kappa shape index (κ2) is 13.1. The van der Waals surface area contributed by atoms with Gasteiger partial charge in [-0.3, -0.25) is 4.79 Å². The van der Waals surface area contributed by atoms with Gasteiger partial charge >= 0.3 is 5.97 Å². The van der Waals surface area contributed by atoms with E-state index in [1.54, 1.807) is 43.3 Å². The molecule has 5 aromatic rings. The third kappa shape index (κ3) is 5.86. The number of esters is 1. The van der Waals surface area contributed by atoms with Gasteiger partial charge in [-0.2, -0.15) is 4.99 Å². The standard InChI is InChI=1S/C36H25Cl2N3O4S/c1-2-45-35(44)24-16-18-26(19-17-24)40-30(22-10-5-3-6-11-22)21-25(32(40)23-12-7-4-8-13-23)20-27-33(42)39-36(46)41(34(27)43)29-15-9-14-28(37)31(29)38/h3-21H,2H2,1H3,(H,39,42,46)/b27-20-. The predicted octanol–water partition coefficient (Wildman–Crippen LogP) is 8.97. The third-order valence-corrected chi connectivity index (χ3v) is 8.41. The number of carbonyl (C=O) groups is 2. The monoisotopic (exact) mass is 665 g/mol. The van der Waals surface area contributed by atoms with Crippen LogP contribution in [0.4, 0.5) is 5.69 Å². The second-order valence-electron chi connectivity index (χ2n) is 10.2. The van der Waals surface area contributed by atoms with E-state index in [-0.39, 0.29) is 33.0 Å². The molecule has 0 atom stereocenters. The zero-order chi connectivity index (χ0) is 32.4. The number of aliphatic hydroxyl groups is 1. The largest absolute Gasteiger partial charge is 0.493 e. The first-order valence-electron chi connectivity index (χ1n) is 14.2. The Labute approximate surface area is 280 Å². The fraction of sp³-hybridized carbons (Fsp3) is 0.0556. The minimum Gasteiger partial charge on any atom is -0.493 e. The van der Waals surface area contributed by atoms with Crippen molar-refractivity contribution in [1.82, 2.24) is 4.57 Å². The van der Waals surface area contributed by atoms with Crippen LogP contribution in [-0.4, -0.2) is 39.2 Å². The molecule has 0 saturated heterocycles. The molecule has 46 heavy (non-hydrogen) atoms. The molecule has 0 aliphatic carbocycles. The van der Waals surface area contributed by atoms with Crippen molar-refractivity contribution >= 4 is 70.1 Å². The number of thiocarbonyl (C=S) groups is 1. The van der Waals surface area contributed by atoms with E-state index < -0.39 is 17.8 Å². The van der Waals surface area contributed by atoms with Crippen LogP contribution in [-0.2, 0) is 9.53 Å². The molecule has 1 aliphatic heterocycles. The Morgan fingerprint density at radius 3 is 2.22 bits per heavy atom. The summed E-state index contributed by atoms with van der Waals surface area (Å²) < 4.78 is 7.23. The summed E-state index contributed by atoms with van der Waals surface area (Å²) in [6.07, 6.45) is 1.59. The van der Waals surface area contributed by atoms with Crippen molar-refractivity contribution in [3.05, 3.63) is 136 Å². The summed E-state index contributed by atoms with van der Waals surface area (Å²) in [5, 5.41) is 11.2. The van der Waals surface area contributed by atoms with Crippen LogP contribution >= 0.6 is 35.4 Å². The van der Waals surface area contributed by atoms with Gasteiger partial charge in [0.15, 0.2) is 0 Å². The topological polar surface area (TPSA) is 84.1 Å². The van der Waals surface area contributed by atoms with Crippen LogP contribution in [0.2, 0.25) is 10.0 Å². The fourth-order valence-electron chi connectivity index (χ4n) is 5.25. The Kier molecular flexibility index (Phi) is 8.85. The summed E-state index contributed by atoms with van der Waals surface area (Å²) in [6, 6.07) is 33.3. The lowest BCUT2D eigenvalue weighted by Gasteiger charge is -2.26. The van der Waals surface area contributed by atoms with E-state index in [4.69, 9.17) is 40.2 Å².